The normalized spacial score (nSPS) is 26.7. The third kappa shape index (κ3) is 0.886. The Morgan fingerprint density at radius 2 is 1.08 bits per heavy atom. The van der Waals surface area contributed by atoms with Gasteiger partial charge >= 0.3 is 0 Å². The fourth-order valence-electron chi connectivity index (χ4n) is 2.06. The van der Waals surface area contributed by atoms with Crippen LogP contribution in [0.4, 0.5) is 0 Å². The van der Waals surface area contributed by atoms with Gasteiger partial charge in [-0.3, -0.25) is 4.79 Å². The van der Waals surface area contributed by atoms with Gasteiger partial charge in [-0.2, -0.15) is 0 Å². The Morgan fingerprint density at radius 3 is 1.17 bits per heavy atom. The van der Waals surface area contributed by atoms with Crippen molar-refractivity contribution in [3.63, 3.8) is 0 Å². The molecule has 0 aromatic rings. The maximum atomic E-state index is 11.9. The molecule has 0 saturated carbocycles. The molecule has 0 heterocycles. The molecule has 0 aromatic carbocycles. The predicted octanol–water partition coefficient (Wildman–Crippen LogP) is 2.96. The van der Waals surface area contributed by atoms with Crippen LogP contribution >= 0.6 is 0 Å². The number of carbonyl (C=O) groups is 1. The summed E-state index contributed by atoms with van der Waals surface area (Å²) >= 11 is 0. The van der Waals surface area contributed by atoms with Crippen molar-refractivity contribution in [2.75, 3.05) is 0 Å². The van der Waals surface area contributed by atoms with E-state index < -0.39 is 0 Å². The summed E-state index contributed by atoms with van der Waals surface area (Å²) in [7, 11) is 0. The van der Waals surface area contributed by atoms with Crippen LogP contribution in [-0.2, 0) is 4.79 Å². The Bertz CT molecular complexity index is 241. The first-order chi connectivity index (χ1) is 5.22. The molecule has 0 bridgehead atoms. The highest BCUT2D eigenvalue weighted by Gasteiger charge is 2.48. The van der Waals surface area contributed by atoms with Gasteiger partial charge in [-0.05, 0) is 41.5 Å². The smallest absolute Gasteiger partial charge is 0.152 e. The number of hydrogen-bond acceptors (Lipinski definition) is 1. The predicted molar refractivity (Wildman–Crippen MR) is 50.9 cm³/mol. The van der Waals surface area contributed by atoms with Crippen LogP contribution in [0.2, 0.25) is 0 Å². The van der Waals surface area contributed by atoms with E-state index in [1.807, 2.05) is 27.7 Å². The average Bonchev–Trinajstić information content (AvgIpc) is 2.06. The van der Waals surface area contributed by atoms with Crippen LogP contribution in [0.15, 0.2) is 11.1 Å². The van der Waals surface area contributed by atoms with E-state index in [1.165, 1.54) is 11.1 Å². The number of carbonyl (C=O) groups excluding carboxylic acids is 1. The van der Waals surface area contributed by atoms with Gasteiger partial charge in [-0.25, -0.2) is 0 Å². The summed E-state index contributed by atoms with van der Waals surface area (Å²) < 4.78 is 0. The molecule has 0 fully saturated rings. The van der Waals surface area contributed by atoms with Gasteiger partial charge in [0.2, 0.25) is 0 Å². The van der Waals surface area contributed by atoms with Gasteiger partial charge in [0.1, 0.15) is 0 Å². The van der Waals surface area contributed by atoms with Crippen molar-refractivity contribution < 1.29 is 4.79 Å². The van der Waals surface area contributed by atoms with Crippen molar-refractivity contribution in [3.05, 3.63) is 11.1 Å². The highest BCUT2D eigenvalue weighted by molar-refractivity contribution is 5.97. The van der Waals surface area contributed by atoms with E-state index in [0.717, 1.165) is 0 Å². The minimum absolute atomic E-state index is 0.242. The molecular formula is C11H18O. The third-order valence-electron chi connectivity index (χ3n) is 3.57. The van der Waals surface area contributed by atoms with Gasteiger partial charge in [0.15, 0.2) is 5.78 Å². The Kier molecular flexibility index (Phi) is 1.75. The fourth-order valence-corrected chi connectivity index (χ4v) is 2.06. The van der Waals surface area contributed by atoms with Crippen LogP contribution in [-0.4, -0.2) is 5.78 Å². The zero-order chi connectivity index (χ0) is 9.73. The Labute approximate surface area is 74.9 Å². The maximum Gasteiger partial charge on any atom is 0.152 e. The lowest BCUT2D eigenvalue weighted by molar-refractivity contribution is -0.130. The molecule has 0 N–H and O–H groups in total. The maximum absolute atomic E-state index is 11.9. The van der Waals surface area contributed by atoms with Gasteiger partial charge in [-0.1, -0.05) is 11.1 Å². The molecule has 1 rings (SSSR count). The number of rotatable bonds is 0. The SMILES string of the molecule is CC1=C(C)C(C)(C)C(=O)C1(C)C. The zero-order valence-electron chi connectivity index (χ0n) is 8.91. The molecule has 1 nitrogen and oxygen atoms in total. The Morgan fingerprint density at radius 1 is 0.833 bits per heavy atom. The van der Waals surface area contributed by atoms with Crippen LogP contribution in [0.1, 0.15) is 41.5 Å². The number of ketones is 1. The Hall–Kier alpha value is -0.590. The number of Topliss-reactive ketones (excluding diaryl/α,β-unsaturated/α-hetero) is 1. The van der Waals surface area contributed by atoms with E-state index in [9.17, 15) is 4.79 Å². The highest BCUT2D eigenvalue weighted by Crippen LogP contribution is 2.48. The van der Waals surface area contributed by atoms with Crippen LogP contribution in [0.25, 0.3) is 0 Å². The van der Waals surface area contributed by atoms with Gasteiger partial charge in [0, 0.05) is 10.8 Å². The second-order valence-electron chi connectivity index (χ2n) is 4.83. The summed E-state index contributed by atoms with van der Waals surface area (Å²) in [6, 6.07) is 0. The summed E-state index contributed by atoms with van der Waals surface area (Å²) in [5.41, 5.74) is 2.01. The van der Waals surface area contributed by atoms with Crippen molar-refractivity contribution in [2.45, 2.75) is 41.5 Å². The van der Waals surface area contributed by atoms with Crippen LogP contribution in [0.3, 0.4) is 0 Å². The van der Waals surface area contributed by atoms with Crippen molar-refractivity contribution in [2.24, 2.45) is 10.8 Å². The molecule has 12 heavy (non-hydrogen) atoms. The molecule has 0 atom stereocenters. The first kappa shape index (κ1) is 9.50. The highest BCUT2D eigenvalue weighted by atomic mass is 16.1. The second-order valence-corrected chi connectivity index (χ2v) is 4.83. The van der Waals surface area contributed by atoms with E-state index in [0.29, 0.717) is 5.78 Å². The van der Waals surface area contributed by atoms with E-state index in [2.05, 4.69) is 13.8 Å². The molecule has 0 amide bonds. The van der Waals surface area contributed by atoms with Crippen LogP contribution in [0, 0.1) is 10.8 Å². The van der Waals surface area contributed by atoms with Gasteiger partial charge in [0.25, 0.3) is 0 Å². The van der Waals surface area contributed by atoms with Crippen molar-refractivity contribution in [3.8, 4) is 0 Å². The quantitative estimate of drug-likeness (QED) is 0.506. The summed E-state index contributed by atoms with van der Waals surface area (Å²) in [5, 5.41) is 0. The van der Waals surface area contributed by atoms with Gasteiger partial charge in [-0.15, -0.1) is 0 Å². The largest absolute Gasteiger partial charge is 0.298 e. The number of hydrogen-bond donors (Lipinski definition) is 0. The van der Waals surface area contributed by atoms with E-state index in [-0.39, 0.29) is 10.8 Å². The first-order valence-electron chi connectivity index (χ1n) is 4.45. The van der Waals surface area contributed by atoms with Crippen LogP contribution < -0.4 is 0 Å². The monoisotopic (exact) mass is 166 g/mol. The summed E-state index contributed by atoms with van der Waals surface area (Å²) in [5.74, 6) is 0.352. The molecule has 0 spiro atoms. The molecule has 1 heteroatoms. The summed E-state index contributed by atoms with van der Waals surface area (Å²) in [4.78, 5) is 11.9. The average molecular weight is 166 g/mol. The van der Waals surface area contributed by atoms with E-state index in [1.54, 1.807) is 0 Å². The lowest BCUT2D eigenvalue weighted by atomic mass is 9.78. The minimum atomic E-state index is -0.242. The lowest BCUT2D eigenvalue weighted by Gasteiger charge is -2.23. The molecule has 1 aliphatic carbocycles. The molecule has 0 aliphatic heterocycles. The first-order valence-corrected chi connectivity index (χ1v) is 4.45. The van der Waals surface area contributed by atoms with Crippen molar-refractivity contribution in [1.82, 2.24) is 0 Å². The number of allylic oxidation sites excluding steroid dienone is 2. The topological polar surface area (TPSA) is 17.1 Å². The fraction of sp³-hybridized carbons (Fsp3) is 0.727. The van der Waals surface area contributed by atoms with E-state index in [4.69, 9.17) is 0 Å². The minimum Gasteiger partial charge on any atom is -0.298 e. The van der Waals surface area contributed by atoms with Crippen molar-refractivity contribution in [1.29, 1.82) is 0 Å². The van der Waals surface area contributed by atoms with Gasteiger partial charge < -0.3 is 0 Å². The zero-order valence-corrected chi connectivity index (χ0v) is 8.91. The lowest BCUT2D eigenvalue weighted by Crippen LogP contribution is -2.30. The van der Waals surface area contributed by atoms with Crippen LogP contribution in [0.5, 0.6) is 0 Å². The molecule has 68 valence electrons. The molecule has 0 aromatic heterocycles. The summed E-state index contributed by atoms with van der Waals surface area (Å²) in [6.07, 6.45) is 0. The molecule has 0 radical (unpaired) electrons. The molecule has 0 saturated heterocycles. The third-order valence-corrected chi connectivity index (χ3v) is 3.57. The second kappa shape index (κ2) is 2.21. The van der Waals surface area contributed by atoms with Gasteiger partial charge in [0.05, 0.1) is 0 Å². The summed E-state index contributed by atoms with van der Waals surface area (Å²) in [6.45, 7) is 12.2. The van der Waals surface area contributed by atoms with E-state index >= 15 is 0 Å². The molecular weight excluding hydrogens is 148 g/mol. The Balaban J connectivity index is 3.31. The standard InChI is InChI=1S/C11H18O/c1-7-8(2)11(5,6)9(12)10(7,3)4/h1-6H3. The van der Waals surface area contributed by atoms with Crippen molar-refractivity contribution >= 4 is 5.78 Å². The molecule has 0 unspecified atom stereocenters. The molecule has 1 aliphatic rings.